The molecule has 0 N–H and O–H groups in total. The summed E-state index contributed by atoms with van der Waals surface area (Å²) in [6.07, 6.45) is 2.94. The smallest absolute Gasteiger partial charge is 0.281 e. The largest absolute Gasteiger partial charge is 0.482 e. The third kappa shape index (κ3) is 2.88. The predicted octanol–water partition coefficient (Wildman–Crippen LogP) is 2.02. The minimum Gasteiger partial charge on any atom is -0.482 e. The molecule has 0 aliphatic rings. The predicted molar refractivity (Wildman–Crippen MR) is 86.9 cm³/mol. The van der Waals surface area contributed by atoms with E-state index >= 15 is 0 Å². The molecular formula is C17H17N3O3. The number of fused-ring (bicyclic) bond motifs is 1. The van der Waals surface area contributed by atoms with Crippen LogP contribution in [0.2, 0.25) is 0 Å². The second-order valence-corrected chi connectivity index (χ2v) is 5.51. The molecule has 1 aromatic carbocycles. The van der Waals surface area contributed by atoms with Crippen LogP contribution < -0.4 is 15.7 Å². The first kappa shape index (κ1) is 15.0. The summed E-state index contributed by atoms with van der Waals surface area (Å²) >= 11 is 0. The van der Waals surface area contributed by atoms with Crippen molar-refractivity contribution in [2.75, 3.05) is 0 Å². The lowest BCUT2D eigenvalue weighted by atomic mass is 10.2. The Morgan fingerprint density at radius 1 is 1.13 bits per heavy atom. The van der Waals surface area contributed by atoms with Gasteiger partial charge < -0.3 is 4.74 Å². The van der Waals surface area contributed by atoms with Gasteiger partial charge in [-0.1, -0.05) is 30.3 Å². The van der Waals surface area contributed by atoms with Crippen LogP contribution in [-0.4, -0.2) is 14.2 Å². The van der Waals surface area contributed by atoms with Gasteiger partial charge in [0.2, 0.25) is 5.43 Å². The first-order chi connectivity index (χ1) is 11.1. The standard InChI is InChI=1S/C17H17N3O3/c1-12(2)19-11-18-20-9-8-14(21)16(15(20)17(19)22)23-10-13-6-4-3-5-7-13/h3-9,11-12H,10H2,1-2H3. The lowest BCUT2D eigenvalue weighted by molar-refractivity contribution is 0.305. The van der Waals surface area contributed by atoms with Crippen LogP contribution in [0.15, 0.2) is 58.5 Å². The maximum atomic E-state index is 12.6. The zero-order chi connectivity index (χ0) is 16.4. The van der Waals surface area contributed by atoms with Crippen molar-refractivity contribution in [3.8, 4) is 5.75 Å². The van der Waals surface area contributed by atoms with Gasteiger partial charge in [0.25, 0.3) is 5.56 Å². The van der Waals surface area contributed by atoms with Crippen LogP contribution in [0, 0.1) is 0 Å². The lowest BCUT2D eigenvalue weighted by Gasteiger charge is -2.13. The molecule has 0 spiro atoms. The molecule has 3 rings (SSSR count). The minimum atomic E-state index is -0.332. The first-order valence-corrected chi connectivity index (χ1v) is 7.37. The summed E-state index contributed by atoms with van der Waals surface area (Å²) < 4.78 is 8.52. The average Bonchev–Trinajstić information content (AvgIpc) is 2.55. The number of ether oxygens (including phenoxy) is 1. The van der Waals surface area contributed by atoms with Gasteiger partial charge in [-0.25, -0.2) is 4.52 Å². The van der Waals surface area contributed by atoms with Gasteiger partial charge in [0.1, 0.15) is 12.9 Å². The van der Waals surface area contributed by atoms with E-state index < -0.39 is 0 Å². The van der Waals surface area contributed by atoms with Crippen LogP contribution in [0.3, 0.4) is 0 Å². The van der Waals surface area contributed by atoms with Crippen LogP contribution in [0.1, 0.15) is 25.5 Å². The summed E-state index contributed by atoms with van der Waals surface area (Å²) in [6.45, 7) is 3.97. The van der Waals surface area contributed by atoms with Crippen molar-refractivity contribution in [2.45, 2.75) is 26.5 Å². The fourth-order valence-corrected chi connectivity index (χ4v) is 2.32. The zero-order valence-electron chi connectivity index (χ0n) is 13.0. The Balaban J connectivity index is 2.11. The average molecular weight is 311 g/mol. The second kappa shape index (κ2) is 6.08. The Hall–Kier alpha value is -2.89. The Bertz CT molecular complexity index is 943. The molecule has 0 radical (unpaired) electrons. The fourth-order valence-electron chi connectivity index (χ4n) is 2.32. The van der Waals surface area contributed by atoms with Gasteiger partial charge in [0.15, 0.2) is 11.3 Å². The van der Waals surface area contributed by atoms with E-state index in [4.69, 9.17) is 4.74 Å². The topological polar surface area (TPSA) is 65.6 Å². The maximum Gasteiger partial charge on any atom is 0.281 e. The molecule has 3 aromatic rings. The molecule has 2 heterocycles. The van der Waals surface area contributed by atoms with E-state index in [1.807, 2.05) is 44.2 Å². The number of nitrogens with zero attached hydrogens (tertiary/aromatic N) is 3. The third-order valence-corrected chi connectivity index (χ3v) is 3.55. The normalized spacial score (nSPS) is 11.1. The van der Waals surface area contributed by atoms with E-state index in [0.717, 1.165) is 5.56 Å². The molecule has 23 heavy (non-hydrogen) atoms. The molecule has 0 atom stereocenters. The first-order valence-electron chi connectivity index (χ1n) is 7.37. The zero-order valence-corrected chi connectivity index (χ0v) is 13.0. The van der Waals surface area contributed by atoms with Crippen molar-refractivity contribution < 1.29 is 4.74 Å². The van der Waals surface area contributed by atoms with Crippen LogP contribution in [0.5, 0.6) is 5.75 Å². The molecule has 0 unspecified atom stereocenters. The quantitative estimate of drug-likeness (QED) is 0.739. The summed E-state index contributed by atoms with van der Waals surface area (Å²) in [6, 6.07) is 10.8. The molecular weight excluding hydrogens is 294 g/mol. The molecule has 0 aliphatic heterocycles. The van der Waals surface area contributed by atoms with Crippen LogP contribution >= 0.6 is 0 Å². The van der Waals surface area contributed by atoms with Crippen molar-refractivity contribution in [1.29, 1.82) is 0 Å². The van der Waals surface area contributed by atoms with Gasteiger partial charge >= 0.3 is 0 Å². The molecule has 0 amide bonds. The van der Waals surface area contributed by atoms with E-state index in [-0.39, 0.29) is 34.9 Å². The Morgan fingerprint density at radius 3 is 2.57 bits per heavy atom. The molecule has 0 bridgehead atoms. The van der Waals surface area contributed by atoms with Crippen LogP contribution in [-0.2, 0) is 6.61 Å². The van der Waals surface area contributed by atoms with Gasteiger partial charge in [0.05, 0.1) is 0 Å². The van der Waals surface area contributed by atoms with Crippen molar-refractivity contribution in [3.05, 3.63) is 75.1 Å². The molecule has 0 saturated carbocycles. The highest BCUT2D eigenvalue weighted by molar-refractivity contribution is 5.57. The molecule has 6 heteroatoms. The monoisotopic (exact) mass is 311 g/mol. The van der Waals surface area contributed by atoms with Gasteiger partial charge in [-0.15, -0.1) is 0 Å². The molecule has 0 fully saturated rings. The summed E-state index contributed by atoms with van der Waals surface area (Å²) in [5.41, 5.74) is 0.448. The molecule has 118 valence electrons. The number of rotatable bonds is 4. The third-order valence-electron chi connectivity index (χ3n) is 3.55. The number of pyridine rings is 1. The van der Waals surface area contributed by atoms with E-state index in [1.54, 1.807) is 0 Å². The Morgan fingerprint density at radius 2 is 1.87 bits per heavy atom. The number of aromatic nitrogens is 3. The van der Waals surface area contributed by atoms with Crippen molar-refractivity contribution in [2.24, 2.45) is 0 Å². The highest BCUT2D eigenvalue weighted by atomic mass is 16.5. The summed E-state index contributed by atoms with van der Waals surface area (Å²) in [4.78, 5) is 24.8. The van der Waals surface area contributed by atoms with E-state index in [1.165, 1.54) is 27.7 Å². The van der Waals surface area contributed by atoms with Crippen LogP contribution in [0.25, 0.3) is 5.52 Å². The second-order valence-electron chi connectivity index (χ2n) is 5.51. The lowest BCUT2D eigenvalue weighted by Crippen LogP contribution is -2.27. The maximum absolute atomic E-state index is 12.6. The van der Waals surface area contributed by atoms with E-state index in [0.29, 0.717) is 0 Å². The summed E-state index contributed by atoms with van der Waals surface area (Å²) in [7, 11) is 0. The highest BCUT2D eigenvalue weighted by Gasteiger charge is 2.14. The highest BCUT2D eigenvalue weighted by Crippen LogP contribution is 2.13. The summed E-state index contributed by atoms with van der Waals surface area (Å²) in [5, 5.41) is 4.18. The van der Waals surface area contributed by atoms with E-state index in [9.17, 15) is 9.59 Å². The van der Waals surface area contributed by atoms with Crippen molar-refractivity contribution in [1.82, 2.24) is 14.2 Å². The molecule has 0 saturated heterocycles. The molecule has 0 aliphatic carbocycles. The SMILES string of the molecule is CC(C)n1cnn2ccc(=O)c(OCc3ccccc3)c2c1=O. The van der Waals surface area contributed by atoms with Gasteiger partial charge in [-0.3, -0.25) is 14.2 Å². The van der Waals surface area contributed by atoms with Crippen LogP contribution in [0.4, 0.5) is 0 Å². The Labute approximate surface area is 132 Å². The molecule has 6 nitrogen and oxygen atoms in total. The molecule has 2 aromatic heterocycles. The summed E-state index contributed by atoms with van der Waals surface area (Å²) in [5.74, 6) is 0.0313. The van der Waals surface area contributed by atoms with Crippen molar-refractivity contribution >= 4 is 5.52 Å². The number of hydrogen-bond donors (Lipinski definition) is 0. The number of hydrogen-bond acceptors (Lipinski definition) is 4. The minimum absolute atomic E-state index is 0.0313. The van der Waals surface area contributed by atoms with Crippen molar-refractivity contribution in [3.63, 3.8) is 0 Å². The van der Waals surface area contributed by atoms with Gasteiger partial charge in [0, 0.05) is 18.3 Å². The van der Waals surface area contributed by atoms with E-state index in [2.05, 4.69) is 5.10 Å². The Kier molecular flexibility index (Phi) is 3.97. The van der Waals surface area contributed by atoms with Gasteiger partial charge in [-0.05, 0) is 19.4 Å². The van der Waals surface area contributed by atoms with Gasteiger partial charge in [-0.2, -0.15) is 5.10 Å². The number of benzene rings is 1. The fraction of sp³-hybridized carbons (Fsp3) is 0.235.